The monoisotopic (exact) mass is 380 g/mol. The van der Waals surface area contributed by atoms with E-state index in [0.29, 0.717) is 29.0 Å². The standard InChI is InChI=1S/C22H24N2O4/c1-2-20(25)16-7-11-19(12-8-16)28-15-21(26)23-18-9-5-17(6-10-18)22(27)24-13-3-4-14-24/h5-12H,2-4,13-15H2,1H3,(H,23,26). The lowest BCUT2D eigenvalue weighted by atomic mass is 10.1. The van der Waals surface area contributed by atoms with Gasteiger partial charge in [0.1, 0.15) is 5.75 Å². The molecular weight excluding hydrogens is 356 g/mol. The van der Waals surface area contributed by atoms with Crippen molar-refractivity contribution in [1.82, 2.24) is 4.90 Å². The summed E-state index contributed by atoms with van der Waals surface area (Å²) in [5.74, 6) is 0.321. The molecule has 0 spiro atoms. The minimum atomic E-state index is -0.299. The molecule has 2 amide bonds. The minimum absolute atomic E-state index is 0.0312. The summed E-state index contributed by atoms with van der Waals surface area (Å²) in [4.78, 5) is 37.8. The van der Waals surface area contributed by atoms with Crippen LogP contribution in [0.4, 0.5) is 5.69 Å². The second-order valence-electron chi connectivity index (χ2n) is 6.71. The lowest BCUT2D eigenvalue weighted by Crippen LogP contribution is -2.27. The highest BCUT2D eigenvalue weighted by atomic mass is 16.5. The second-order valence-corrected chi connectivity index (χ2v) is 6.71. The second kappa shape index (κ2) is 9.17. The van der Waals surface area contributed by atoms with Crippen LogP contribution in [0.2, 0.25) is 0 Å². The van der Waals surface area contributed by atoms with Crippen LogP contribution in [0.3, 0.4) is 0 Å². The quantitative estimate of drug-likeness (QED) is 0.746. The van der Waals surface area contributed by atoms with E-state index in [0.717, 1.165) is 25.9 Å². The fraction of sp³-hybridized carbons (Fsp3) is 0.318. The Balaban J connectivity index is 1.49. The zero-order valence-corrected chi connectivity index (χ0v) is 15.9. The zero-order valence-electron chi connectivity index (χ0n) is 15.9. The predicted octanol–water partition coefficient (Wildman–Crippen LogP) is 3.53. The van der Waals surface area contributed by atoms with Gasteiger partial charge in [-0.25, -0.2) is 0 Å². The summed E-state index contributed by atoms with van der Waals surface area (Å²) in [5, 5.41) is 2.74. The van der Waals surface area contributed by atoms with Gasteiger partial charge in [-0.1, -0.05) is 6.92 Å². The van der Waals surface area contributed by atoms with Gasteiger partial charge in [-0.2, -0.15) is 0 Å². The number of amides is 2. The van der Waals surface area contributed by atoms with Crippen LogP contribution < -0.4 is 10.1 Å². The van der Waals surface area contributed by atoms with Gasteiger partial charge in [-0.15, -0.1) is 0 Å². The molecule has 1 aliphatic rings. The average Bonchev–Trinajstić information content (AvgIpc) is 3.27. The van der Waals surface area contributed by atoms with Gasteiger partial charge >= 0.3 is 0 Å². The highest BCUT2D eigenvalue weighted by Gasteiger charge is 2.19. The molecule has 1 N–H and O–H groups in total. The van der Waals surface area contributed by atoms with Crippen molar-refractivity contribution in [2.75, 3.05) is 25.0 Å². The third-order valence-electron chi connectivity index (χ3n) is 4.68. The smallest absolute Gasteiger partial charge is 0.262 e. The number of carbonyl (C=O) groups is 3. The van der Waals surface area contributed by atoms with Crippen LogP contribution >= 0.6 is 0 Å². The molecule has 1 saturated heterocycles. The molecule has 2 aromatic rings. The molecule has 28 heavy (non-hydrogen) atoms. The molecule has 1 heterocycles. The summed E-state index contributed by atoms with van der Waals surface area (Å²) in [6, 6.07) is 13.6. The van der Waals surface area contributed by atoms with Gasteiger partial charge in [0, 0.05) is 36.3 Å². The number of ether oxygens (including phenoxy) is 1. The third kappa shape index (κ3) is 4.97. The zero-order chi connectivity index (χ0) is 19.9. The fourth-order valence-electron chi connectivity index (χ4n) is 3.09. The van der Waals surface area contributed by atoms with Crippen LogP contribution in [0.25, 0.3) is 0 Å². The number of hydrogen-bond donors (Lipinski definition) is 1. The summed E-state index contributed by atoms with van der Waals surface area (Å²) in [6.45, 7) is 3.28. The summed E-state index contributed by atoms with van der Waals surface area (Å²) in [7, 11) is 0. The van der Waals surface area contributed by atoms with Gasteiger partial charge in [0.05, 0.1) is 0 Å². The van der Waals surface area contributed by atoms with Crippen molar-refractivity contribution in [2.24, 2.45) is 0 Å². The van der Waals surface area contributed by atoms with E-state index in [1.54, 1.807) is 48.5 Å². The maximum absolute atomic E-state index is 12.3. The highest BCUT2D eigenvalue weighted by molar-refractivity contribution is 5.96. The largest absolute Gasteiger partial charge is 0.484 e. The van der Waals surface area contributed by atoms with Crippen LogP contribution in [0.15, 0.2) is 48.5 Å². The number of benzene rings is 2. The molecule has 0 unspecified atom stereocenters. The Morgan fingerprint density at radius 1 is 0.929 bits per heavy atom. The van der Waals surface area contributed by atoms with Crippen LogP contribution in [-0.2, 0) is 4.79 Å². The number of hydrogen-bond acceptors (Lipinski definition) is 4. The molecule has 146 valence electrons. The topological polar surface area (TPSA) is 75.7 Å². The lowest BCUT2D eigenvalue weighted by molar-refractivity contribution is -0.118. The van der Waals surface area contributed by atoms with Gasteiger partial charge in [-0.05, 0) is 61.4 Å². The Bertz CT molecular complexity index is 838. The van der Waals surface area contributed by atoms with E-state index >= 15 is 0 Å². The van der Waals surface area contributed by atoms with Crippen LogP contribution in [0.1, 0.15) is 46.9 Å². The molecule has 1 fully saturated rings. The van der Waals surface area contributed by atoms with Crippen molar-refractivity contribution in [3.63, 3.8) is 0 Å². The van der Waals surface area contributed by atoms with Gasteiger partial charge in [0.25, 0.3) is 11.8 Å². The van der Waals surface area contributed by atoms with E-state index in [9.17, 15) is 14.4 Å². The van der Waals surface area contributed by atoms with E-state index < -0.39 is 0 Å². The number of rotatable bonds is 7. The van der Waals surface area contributed by atoms with Gasteiger partial charge in [0.15, 0.2) is 12.4 Å². The summed E-state index contributed by atoms with van der Waals surface area (Å²) >= 11 is 0. The molecule has 0 radical (unpaired) electrons. The molecule has 0 bridgehead atoms. The molecule has 0 atom stereocenters. The fourth-order valence-corrected chi connectivity index (χ4v) is 3.09. The average molecular weight is 380 g/mol. The SMILES string of the molecule is CCC(=O)c1ccc(OCC(=O)Nc2ccc(C(=O)N3CCCC3)cc2)cc1. The van der Waals surface area contributed by atoms with Crippen molar-refractivity contribution in [3.05, 3.63) is 59.7 Å². The molecule has 2 aromatic carbocycles. The first-order valence-electron chi connectivity index (χ1n) is 9.52. The normalized spacial score (nSPS) is 13.2. The number of nitrogens with zero attached hydrogens (tertiary/aromatic N) is 1. The van der Waals surface area contributed by atoms with Crippen LogP contribution in [0.5, 0.6) is 5.75 Å². The number of Topliss-reactive ketones (excluding diaryl/α,β-unsaturated/α-hetero) is 1. The van der Waals surface area contributed by atoms with Crippen LogP contribution in [0, 0.1) is 0 Å². The molecule has 0 saturated carbocycles. The molecule has 3 rings (SSSR count). The van der Waals surface area contributed by atoms with Gasteiger partial charge < -0.3 is 15.0 Å². The van der Waals surface area contributed by atoms with Crippen molar-refractivity contribution in [2.45, 2.75) is 26.2 Å². The van der Waals surface area contributed by atoms with E-state index in [1.165, 1.54) is 0 Å². The Hall–Kier alpha value is -3.15. The first kappa shape index (κ1) is 19.6. The van der Waals surface area contributed by atoms with E-state index in [1.807, 2.05) is 11.8 Å². The number of anilines is 1. The summed E-state index contributed by atoms with van der Waals surface area (Å²) in [5.41, 5.74) is 1.86. The number of carbonyl (C=O) groups excluding carboxylic acids is 3. The molecule has 6 nitrogen and oxygen atoms in total. The number of ketones is 1. The van der Waals surface area contributed by atoms with E-state index in [4.69, 9.17) is 4.74 Å². The maximum Gasteiger partial charge on any atom is 0.262 e. The molecule has 0 aromatic heterocycles. The number of likely N-dealkylation sites (tertiary alicyclic amines) is 1. The van der Waals surface area contributed by atoms with Crippen molar-refractivity contribution in [1.29, 1.82) is 0 Å². The summed E-state index contributed by atoms with van der Waals surface area (Å²) < 4.78 is 5.45. The Morgan fingerprint density at radius 3 is 2.14 bits per heavy atom. The van der Waals surface area contributed by atoms with Gasteiger partial charge in [0.2, 0.25) is 0 Å². The lowest BCUT2D eigenvalue weighted by Gasteiger charge is -2.15. The highest BCUT2D eigenvalue weighted by Crippen LogP contribution is 2.16. The van der Waals surface area contributed by atoms with Gasteiger partial charge in [-0.3, -0.25) is 14.4 Å². The molecular formula is C22H24N2O4. The van der Waals surface area contributed by atoms with Crippen molar-refractivity contribution in [3.8, 4) is 5.75 Å². The Labute approximate surface area is 164 Å². The Morgan fingerprint density at radius 2 is 1.54 bits per heavy atom. The van der Waals surface area contributed by atoms with E-state index in [-0.39, 0.29) is 24.2 Å². The van der Waals surface area contributed by atoms with Crippen molar-refractivity contribution >= 4 is 23.3 Å². The number of nitrogens with one attached hydrogen (secondary N) is 1. The molecule has 6 heteroatoms. The first-order valence-corrected chi connectivity index (χ1v) is 9.52. The Kier molecular flexibility index (Phi) is 6.42. The molecule has 0 aliphatic carbocycles. The predicted molar refractivity (Wildman–Crippen MR) is 107 cm³/mol. The van der Waals surface area contributed by atoms with E-state index in [2.05, 4.69) is 5.32 Å². The van der Waals surface area contributed by atoms with Crippen molar-refractivity contribution < 1.29 is 19.1 Å². The van der Waals surface area contributed by atoms with Crippen LogP contribution in [-0.4, -0.2) is 42.2 Å². The first-order chi connectivity index (χ1) is 13.6. The maximum atomic E-state index is 12.3. The third-order valence-corrected chi connectivity index (χ3v) is 4.68. The molecule has 1 aliphatic heterocycles. The summed E-state index contributed by atoms with van der Waals surface area (Å²) in [6.07, 6.45) is 2.56. The minimum Gasteiger partial charge on any atom is -0.484 e.